The zero-order chi connectivity index (χ0) is 23.4. The second-order valence-corrected chi connectivity index (χ2v) is 7.84. The number of hydrogen-bond acceptors (Lipinski definition) is 3. The third-order valence-electron chi connectivity index (χ3n) is 5.72. The summed E-state index contributed by atoms with van der Waals surface area (Å²) in [4.78, 5) is 12.7. The fourth-order valence-electron chi connectivity index (χ4n) is 4.01. The topological polar surface area (TPSA) is 47.6 Å². The molecular weight excluding hydrogens is 667 g/mol. The van der Waals surface area contributed by atoms with Gasteiger partial charge in [0.15, 0.2) is 0 Å². The number of halogens is 1. The summed E-state index contributed by atoms with van der Waals surface area (Å²) in [7, 11) is 3.15. The van der Waals surface area contributed by atoms with Crippen LogP contribution in [0.3, 0.4) is 0 Å². The molecule has 3 aromatic carbocycles. The number of hydrogen-bond donors (Lipinski definition) is 1. The van der Waals surface area contributed by atoms with E-state index in [0.29, 0.717) is 18.0 Å². The minimum atomic E-state index is -0.331. The largest absolute Gasteiger partial charge is 2.00 e. The Kier molecular flexibility index (Phi) is 10.4. The molecule has 1 N–H and O–H groups in total. The number of rotatable bonds is 7. The van der Waals surface area contributed by atoms with Crippen molar-refractivity contribution >= 4 is 23.1 Å². The van der Waals surface area contributed by atoms with Crippen LogP contribution < -0.4 is 14.8 Å². The Labute approximate surface area is 230 Å². The second kappa shape index (κ2) is 12.8. The van der Waals surface area contributed by atoms with Crippen LogP contribution in [0.25, 0.3) is 17.2 Å². The van der Waals surface area contributed by atoms with Crippen LogP contribution in [0.15, 0.2) is 66.2 Å². The van der Waals surface area contributed by atoms with Gasteiger partial charge in [0.25, 0.3) is 0 Å². The van der Waals surface area contributed by atoms with E-state index in [1.54, 1.807) is 20.3 Å². The molecule has 0 saturated carbocycles. The summed E-state index contributed by atoms with van der Waals surface area (Å²) in [6.07, 6.45) is 2.17. The van der Waals surface area contributed by atoms with Crippen molar-refractivity contribution in [2.45, 2.75) is 19.9 Å². The number of carbonyl (C=O) groups is 1. The first-order valence-corrected chi connectivity index (χ1v) is 10.7. The molecule has 0 radical (unpaired) electrons. The van der Waals surface area contributed by atoms with E-state index in [9.17, 15) is 9.18 Å². The molecular formula is C29H28FNO3U. The predicted octanol–water partition coefficient (Wildman–Crippen LogP) is 6.13. The van der Waals surface area contributed by atoms with Crippen molar-refractivity contribution in [1.82, 2.24) is 5.32 Å². The van der Waals surface area contributed by atoms with E-state index in [1.165, 1.54) is 12.1 Å². The third kappa shape index (κ3) is 6.66. The monoisotopic (exact) mass is 695 g/mol. The van der Waals surface area contributed by atoms with Gasteiger partial charge in [-0.25, -0.2) is 4.39 Å². The number of ether oxygens (including phenoxy) is 2. The van der Waals surface area contributed by atoms with E-state index in [0.717, 1.165) is 39.0 Å². The predicted molar refractivity (Wildman–Crippen MR) is 135 cm³/mol. The first-order chi connectivity index (χ1) is 16.0. The number of benzene rings is 3. The van der Waals surface area contributed by atoms with Crippen LogP contribution in [-0.2, 0) is 11.3 Å². The summed E-state index contributed by atoms with van der Waals surface area (Å²) in [5.41, 5.74) is 6.23. The molecule has 0 unspecified atom stereocenters. The van der Waals surface area contributed by atoms with Gasteiger partial charge in [-0.15, -0.1) is 17.7 Å². The molecule has 0 saturated heterocycles. The summed E-state index contributed by atoms with van der Waals surface area (Å²) in [6.45, 7) is 2.41. The van der Waals surface area contributed by atoms with Crippen LogP contribution in [0.5, 0.6) is 11.5 Å². The van der Waals surface area contributed by atoms with E-state index in [-0.39, 0.29) is 56.7 Å². The summed E-state index contributed by atoms with van der Waals surface area (Å²) in [5, 5.41) is 2.96. The van der Waals surface area contributed by atoms with E-state index < -0.39 is 0 Å². The fraction of sp³-hybridized carbons (Fsp3) is 0.172. The quantitative estimate of drug-likeness (QED) is 0.303. The molecule has 1 amide bonds. The average molecular weight is 696 g/mol. The Hall–Kier alpha value is -2.81. The molecule has 0 atom stereocenters. The van der Waals surface area contributed by atoms with E-state index >= 15 is 0 Å². The number of methoxy groups -OCH3 is 2. The molecule has 4 rings (SSSR count). The molecule has 0 aliphatic heterocycles. The van der Waals surface area contributed by atoms with E-state index in [1.807, 2.05) is 55.5 Å². The van der Waals surface area contributed by atoms with Crippen molar-refractivity contribution in [3.05, 3.63) is 108 Å². The van der Waals surface area contributed by atoms with Gasteiger partial charge in [0, 0.05) is 18.0 Å². The molecule has 0 heterocycles. The van der Waals surface area contributed by atoms with Gasteiger partial charge in [0.2, 0.25) is 5.91 Å². The molecule has 0 aromatic heterocycles. The van der Waals surface area contributed by atoms with Gasteiger partial charge in [0.1, 0.15) is 5.82 Å². The van der Waals surface area contributed by atoms with Gasteiger partial charge in [-0.3, -0.25) is 4.79 Å². The zero-order valence-electron chi connectivity index (χ0n) is 20.4. The maximum absolute atomic E-state index is 14.1. The summed E-state index contributed by atoms with van der Waals surface area (Å²) in [5.74, 6) is 0.673. The van der Waals surface area contributed by atoms with Gasteiger partial charge < -0.3 is 22.2 Å². The van der Waals surface area contributed by atoms with Gasteiger partial charge >= 0.3 is 31.1 Å². The first-order valence-electron chi connectivity index (χ1n) is 10.7. The van der Waals surface area contributed by atoms with Crippen LogP contribution in [0, 0.1) is 50.4 Å². The number of carbonyl (C=O) groups excluding carboxylic acids is 1. The Bertz CT molecular complexity index is 1230. The SMILES string of the molecule is COc1[c-]c(OC)cc(C=C2C(C)=C(CC(=O)NCc3ccccc3)c3cc(F)ccc32)c1.[CH3-].[U+2]. The van der Waals surface area contributed by atoms with Crippen molar-refractivity contribution in [2.24, 2.45) is 0 Å². The molecule has 0 fully saturated rings. The van der Waals surface area contributed by atoms with Crippen molar-refractivity contribution in [1.29, 1.82) is 0 Å². The van der Waals surface area contributed by atoms with Crippen molar-refractivity contribution in [3.8, 4) is 11.5 Å². The smallest absolute Gasteiger partial charge is 0.522 e. The van der Waals surface area contributed by atoms with Gasteiger partial charge in [0.05, 0.1) is 20.6 Å². The van der Waals surface area contributed by atoms with Crippen LogP contribution in [0.4, 0.5) is 4.39 Å². The average Bonchev–Trinajstić information content (AvgIpc) is 3.08. The van der Waals surface area contributed by atoms with Gasteiger partial charge in [-0.05, 0) is 52.5 Å². The molecule has 178 valence electrons. The van der Waals surface area contributed by atoms with Crippen molar-refractivity contribution in [2.75, 3.05) is 14.2 Å². The van der Waals surface area contributed by atoms with Crippen LogP contribution in [0.1, 0.15) is 35.6 Å². The maximum Gasteiger partial charge on any atom is 2.00 e. The first kappa shape index (κ1) is 28.4. The summed E-state index contributed by atoms with van der Waals surface area (Å²) in [6, 6.07) is 21.2. The molecule has 0 spiro atoms. The van der Waals surface area contributed by atoms with Gasteiger partial charge in [-0.1, -0.05) is 48.5 Å². The fourth-order valence-corrected chi connectivity index (χ4v) is 4.01. The normalized spacial score (nSPS) is 13.0. The summed E-state index contributed by atoms with van der Waals surface area (Å²) < 4.78 is 24.8. The Morgan fingerprint density at radius 1 is 1.00 bits per heavy atom. The number of fused-ring (bicyclic) bond motifs is 1. The van der Waals surface area contributed by atoms with Crippen LogP contribution in [0.2, 0.25) is 0 Å². The number of nitrogens with one attached hydrogen (secondary N) is 1. The summed E-state index contributed by atoms with van der Waals surface area (Å²) >= 11 is 0. The van der Waals surface area contributed by atoms with Crippen LogP contribution >= 0.6 is 0 Å². The molecule has 3 aromatic rings. The molecule has 35 heavy (non-hydrogen) atoms. The molecule has 4 nitrogen and oxygen atoms in total. The number of allylic oxidation sites excluding steroid dienone is 2. The van der Waals surface area contributed by atoms with Gasteiger partial charge in [-0.2, -0.15) is 0 Å². The second-order valence-electron chi connectivity index (χ2n) is 7.84. The van der Waals surface area contributed by atoms with E-state index in [4.69, 9.17) is 9.47 Å². The Morgan fingerprint density at radius 3 is 2.29 bits per heavy atom. The molecule has 1 aliphatic rings. The number of amides is 1. The Morgan fingerprint density at radius 2 is 1.66 bits per heavy atom. The minimum absolute atomic E-state index is 0. The van der Waals surface area contributed by atoms with E-state index in [2.05, 4.69) is 11.4 Å². The maximum atomic E-state index is 14.1. The standard InChI is InChI=1S/C28H25FNO3.CH3.U/c1-18-25(13-20-11-22(32-2)15-23(12-20)33-3)24-10-9-21(29)14-27(24)26(18)16-28(31)30-17-19-7-5-4-6-8-19;;/h4-14H,16-17H2,1-3H3,(H,30,31);1H3;/q2*-1;+2. The molecule has 0 bridgehead atoms. The van der Waals surface area contributed by atoms with Crippen molar-refractivity contribution in [3.63, 3.8) is 0 Å². The van der Waals surface area contributed by atoms with Crippen LogP contribution in [-0.4, -0.2) is 20.1 Å². The molecule has 6 heteroatoms. The Balaban J connectivity index is 0.00000216. The van der Waals surface area contributed by atoms with Crippen molar-refractivity contribution < 1.29 is 49.8 Å². The third-order valence-corrected chi connectivity index (χ3v) is 5.72. The molecule has 1 aliphatic carbocycles. The zero-order valence-corrected chi connectivity index (χ0v) is 24.5. The minimum Gasteiger partial charge on any atom is -0.522 e.